The third-order valence-corrected chi connectivity index (χ3v) is 4.57. The molecule has 1 aliphatic rings. The van der Waals surface area contributed by atoms with Gasteiger partial charge in [-0.15, -0.1) is 0 Å². The van der Waals surface area contributed by atoms with Gasteiger partial charge in [0.2, 0.25) is 0 Å². The number of rotatable bonds is 4. The number of nitrogens with zero attached hydrogens (tertiary/aromatic N) is 2. The Balaban J connectivity index is 1.54. The molecule has 0 atom stereocenters. The molecule has 0 unspecified atom stereocenters. The fourth-order valence-corrected chi connectivity index (χ4v) is 3.29. The summed E-state index contributed by atoms with van der Waals surface area (Å²) in [6.07, 6.45) is 6.94. The Morgan fingerprint density at radius 2 is 1.58 bits per heavy atom. The molecule has 4 heteroatoms. The molecular weight excluding hydrogens is 298 g/mol. The largest absolute Gasteiger partial charge is 0.457 e. The molecule has 2 N–H and O–H groups in total. The molecule has 2 aromatic carbocycles. The van der Waals surface area contributed by atoms with Crippen LogP contribution in [0.2, 0.25) is 0 Å². The van der Waals surface area contributed by atoms with E-state index in [1.54, 1.807) is 0 Å². The SMILES string of the molecule is Nc1cn(C2CCCC2)nc1-c1ccc(Oc2ccccc2)cc1. The van der Waals surface area contributed by atoms with E-state index in [1.165, 1.54) is 25.7 Å². The number of nitrogen functional groups attached to an aromatic ring is 1. The van der Waals surface area contributed by atoms with Crippen molar-refractivity contribution in [3.63, 3.8) is 0 Å². The molecule has 4 nitrogen and oxygen atoms in total. The predicted molar refractivity (Wildman–Crippen MR) is 96.1 cm³/mol. The van der Waals surface area contributed by atoms with Crippen LogP contribution in [-0.4, -0.2) is 9.78 Å². The standard InChI is InChI=1S/C20H21N3O/c21-19-14-23(16-6-4-5-7-16)22-20(19)15-10-12-18(13-11-15)24-17-8-2-1-3-9-17/h1-3,8-14,16H,4-7,21H2. The molecule has 0 radical (unpaired) electrons. The van der Waals surface area contributed by atoms with E-state index in [0.29, 0.717) is 6.04 Å². The van der Waals surface area contributed by atoms with Crippen LogP contribution in [0.5, 0.6) is 11.5 Å². The Morgan fingerprint density at radius 3 is 2.29 bits per heavy atom. The lowest BCUT2D eigenvalue weighted by atomic mass is 10.1. The topological polar surface area (TPSA) is 53.1 Å². The van der Waals surface area contributed by atoms with Gasteiger partial charge in [0, 0.05) is 11.8 Å². The van der Waals surface area contributed by atoms with Gasteiger partial charge in [0.25, 0.3) is 0 Å². The van der Waals surface area contributed by atoms with Crippen LogP contribution in [0.3, 0.4) is 0 Å². The van der Waals surface area contributed by atoms with Crippen LogP contribution in [-0.2, 0) is 0 Å². The molecule has 1 heterocycles. The zero-order valence-electron chi connectivity index (χ0n) is 13.6. The van der Waals surface area contributed by atoms with E-state index < -0.39 is 0 Å². The van der Waals surface area contributed by atoms with E-state index in [-0.39, 0.29) is 0 Å². The number of para-hydroxylation sites is 1. The fraction of sp³-hybridized carbons (Fsp3) is 0.250. The molecule has 0 bridgehead atoms. The number of hydrogen-bond acceptors (Lipinski definition) is 3. The van der Waals surface area contributed by atoms with Gasteiger partial charge >= 0.3 is 0 Å². The molecule has 3 aromatic rings. The summed E-state index contributed by atoms with van der Waals surface area (Å²) in [6.45, 7) is 0. The van der Waals surface area contributed by atoms with Crippen molar-refractivity contribution in [2.75, 3.05) is 5.73 Å². The van der Waals surface area contributed by atoms with Crippen molar-refractivity contribution in [3.05, 3.63) is 60.8 Å². The third kappa shape index (κ3) is 3.00. The Labute approximate surface area is 141 Å². The fourth-order valence-electron chi connectivity index (χ4n) is 3.29. The Bertz CT molecular complexity index is 803. The van der Waals surface area contributed by atoms with Crippen LogP contribution in [0.1, 0.15) is 31.7 Å². The highest BCUT2D eigenvalue weighted by Gasteiger charge is 2.19. The number of hydrogen-bond donors (Lipinski definition) is 1. The number of aromatic nitrogens is 2. The minimum atomic E-state index is 0.502. The summed E-state index contributed by atoms with van der Waals surface area (Å²) in [5, 5.41) is 4.73. The van der Waals surface area contributed by atoms with E-state index in [2.05, 4.69) is 0 Å². The van der Waals surface area contributed by atoms with E-state index in [1.807, 2.05) is 65.5 Å². The number of ether oxygens (including phenoxy) is 1. The molecule has 0 saturated heterocycles. The second-order valence-electron chi connectivity index (χ2n) is 6.29. The normalized spacial score (nSPS) is 14.8. The first-order chi connectivity index (χ1) is 11.8. The van der Waals surface area contributed by atoms with Crippen molar-refractivity contribution in [1.82, 2.24) is 9.78 Å². The summed E-state index contributed by atoms with van der Waals surface area (Å²) >= 11 is 0. The van der Waals surface area contributed by atoms with Gasteiger partial charge in [-0.1, -0.05) is 31.0 Å². The molecule has 0 amide bonds. The monoisotopic (exact) mass is 319 g/mol. The van der Waals surface area contributed by atoms with E-state index in [4.69, 9.17) is 15.6 Å². The molecule has 1 fully saturated rings. The molecule has 24 heavy (non-hydrogen) atoms. The highest BCUT2D eigenvalue weighted by molar-refractivity contribution is 5.72. The van der Waals surface area contributed by atoms with Gasteiger partial charge in [-0.25, -0.2) is 0 Å². The van der Waals surface area contributed by atoms with Crippen molar-refractivity contribution >= 4 is 5.69 Å². The summed E-state index contributed by atoms with van der Waals surface area (Å²) < 4.78 is 7.88. The van der Waals surface area contributed by atoms with Gasteiger partial charge in [-0.2, -0.15) is 5.10 Å². The molecule has 1 aliphatic carbocycles. The van der Waals surface area contributed by atoms with Gasteiger partial charge in [0.1, 0.15) is 17.2 Å². The number of nitrogens with two attached hydrogens (primary N) is 1. The maximum Gasteiger partial charge on any atom is 0.127 e. The van der Waals surface area contributed by atoms with Crippen LogP contribution in [0.15, 0.2) is 60.8 Å². The summed E-state index contributed by atoms with van der Waals surface area (Å²) in [7, 11) is 0. The first kappa shape index (κ1) is 14.8. The van der Waals surface area contributed by atoms with E-state index in [9.17, 15) is 0 Å². The highest BCUT2D eigenvalue weighted by Crippen LogP contribution is 2.33. The van der Waals surface area contributed by atoms with Crippen LogP contribution < -0.4 is 10.5 Å². The maximum absolute atomic E-state index is 6.19. The lowest BCUT2D eigenvalue weighted by Gasteiger charge is -2.08. The molecular formula is C20H21N3O. The second kappa shape index (κ2) is 6.40. The first-order valence-electron chi connectivity index (χ1n) is 8.47. The predicted octanol–water partition coefficient (Wildman–Crippen LogP) is 5.04. The molecule has 0 aliphatic heterocycles. The van der Waals surface area contributed by atoms with Crippen LogP contribution >= 0.6 is 0 Å². The first-order valence-corrected chi connectivity index (χ1v) is 8.47. The van der Waals surface area contributed by atoms with Gasteiger partial charge in [0.05, 0.1) is 11.7 Å². The van der Waals surface area contributed by atoms with Gasteiger partial charge in [0.15, 0.2) is 0 Å². The van der Waals surface area contributed by atoms with Gasteiger partial charge in [-0.05, 0) is 49.2 Å². The average Bonchev–Trinajstić information content (AvgIpc) is 3.26. The average molecular weight is 319 g/mol. The maximum atomic E-state index is 6.19. The minimum absolute atomic E-state index is 0.502. The highest BCUT2D eigenvalue weighted by atomic mass is 16.5. The van der Waals surface area contributed by atoms with Crippen LogP contribution in [0.4, 0.5) is 5.69 Å². The third-order valence-electron chi connectivity index (χ3n) is 4.57. The number of benzene rings is 2. The smallest absolute Gasteiger partial charge is 0.127 e. The Kier molecular flexibility index (Phi) is 3.95. The molecule has 4 rings (SSSR count). The second-order valence-corrected chi connectivity index (χ2v) is 6.29. The van der Waals surface area contributed by atoms with Crippen molar-refractivity contribution in [2.24, 2.45) is 0 Å². The minimum Gasteiger partial charge on any atom is -0.457 e. The Hall–Kier alpha value is -2.75. The quantitative estimate of drug-likeness (QED) is 0.733. The molecule has 122 valence electrons. The molecule has 0 spiro atoms. The van der Waals surface area contributed by atoms with Crippen molar-refractivity contribution in [1.29, 1.82) is 0 Å². The lowest BCUT2D eigenvalue weighted by molar-refractivity contribution is 0.468. The zero-order valence-corrected chi connectivity index (χ0v) is 13.6. The number of anilines is 1. The van der Waals surface area contributed by atoms with E-state index >= 15 is 0 Å². The van der Waals surface area contributed by atoms with Crippen LogP contribution in [0, 0.1) is 0 Å². The van der Waals surface area contributed by atoms with Crippen molar-refractivity contribution in [2.45, 2.75) is 31.7 Å². The van der Waals surface area contributed by atoms with Crippen molar-refractivity contribution in [3.8, 4) is 22.8 Å². The molecule has 1 saturated carbocycles. The van der Waals surface area contributed by atoms with Gasteiger partial charge < -0.3 is 10.5 Å². The van der Waals surface area contributed by atoms with Gasteiger partial charge in [-0.3, -0.25) is 4.68 Å². The summed E-state index contributed by atoms with van der Waals surface area (Å²) in [5.74, 6) is 1.63. The lowest BCUT2D eigenvalue weighted by Crippen LogP contribution is -2.04. The summed E-state index contributed by atoms with van der Waals surface area (Å²) in [4.78, 5) is 0. The summed E-state index contributed by atoms with van der Waals surface area (Å²) in [5.41, 5.74) is 8.80. The summed E-state index contributed by atoms with van der Waals surface area (Å²) in [6, 6.07) is 18.2. The van der Waals surface area contributed by atoms with E-state index in [0.717, 1.165) is 28.4 Å². The Morgan fingerprint density at radius 1 is 0.917 bits per heavy atom. The van der Waals surface area contributed by atoms with Crippen molar-refractivity contribution < 1.29 is 4.74 Å². The zero-order chi connectivity index (χ0) is 16.4. The van der Waals surface area contributed by atoms with Crippen LogP contribution in [0.25, 0.3) is 11.3 Å². The molecule has 1 aromatic heterocycles.